The molecule has 1 atom stereocenters. The van der Waals surface area contributed by atoms with Crippen molar-refractivity contribution in [3.8, 4) is 6.07 Å². The van der Waals surface area contributed by atoms with Crippen molar-refractivity contribution in [3.05, 3.63) is 56.7 Å². The number of nitrogens with zero attached hydrogens (tertiary/aromatic N) is 4. The van der Waals surface area contributed by atoms with Crippen LogP contribution in [0.25, 0.3) is 10.2 Å². The van der Waals surface area contributed by atoms with E-state index in [9.17, 15) is 14.9 Å². The fraction of sp³-hybridized carbons (Fsp3) is 0.364. The molecule has 3 aromatic rings. The molecule has 3 heterocycles. The van der Waals surface area contributed by atoms with Gasteiger partial charge in [-0.1, -0.05) is 18.2 Å². The molecule has 0 amide bonds. The summed E-state index contributed by atoms with van der Waals surface area (Å²) in [5, 5.41) is 18.5. The minimum Gasteiger partial charge on any atom is -0.481 e. The Morgan fingerprint density at radius 1 is 1.39 bits per heavy atom. The predicted octanol–water partition coefficient (Wildman–Crippen LogP) is 2.32. The highest BCUT2D eigenvalue weighted by molar-refractivity contribution is 7.18. The molecule has 1 fully saturated rings. The van der Waals surface area contributed by atoms with Gasteiger partial charge in [-0.15, -0.1) is 11.3 Å². The Morgan fingerprint density at radius 3 is 2.94 bits per heavy atom. The zero-order chi connectivity index (χ0) is 22.0. The van der Waals surface area contributed by atoms with Crippen molar-refractivity contribution in [2.45, 2.75) is 38.3 Å². The van der Waals surface area contributed by atoms with Crippen molar-refractivity contribution in [1.29, 1.82) is 5.26 Å². The van der Waals surface area contributed by atoms with Gasteiger partial charge >= 0.3 is 5.97 Å². The van der Waals surface area contributed by atoms with Crippen LogP contribution < -0.4 is 16.2 Å². The smallest absolute Gasteiger partial charge is 0.303 e. The number of carboxylic acid groups (broad SMARTS) is 1. The van der Waals surface area contributed by atoms with E-state index in [1.54, 1.807) is 16.7 Å². The molecular weight excluding hydrogens is 414 g/mol. The van der Waals surface area contributed by atoms with E-state index in [0.717, 1.165) is 29.8 Å². The van der Waals surface area contributed by atoms with Crippen LogP contribution in [-0.4, -0.2) is 39.8 Å². The first-order valence-corrected chi connectivity index (χ1v) is 11.0. The van der Waals surface area contributed by atoms with Gasteiger partial charge in [-0.25, -0.2) is 4.98 Å². The molecule has 160 valence electrons. The van der Waals surface area contributed by atoms with Gasteiger partial charge in [0, 0.05) is 24.0 Å². The first-order chi connectivity index (χ1) is 15.0. The lowest BCUT2D eigenvalue weighted by Crippen LogP contribution is -2.45. The van der Waals surface area contributed by atoms with Crippen molar-refractivity contribution in [2.75, 3.05) is 18.0 Å². The van der Waals surface area contributed by atoms with Crippen LogP contribution in [-0.2, 0) is 17.8 Å². The Hall–Kier alpha value is -3.22. The molecule has 4 rings (SSSR count). The number of hydrogen-bond donors (Lipinski definition) is 2. The Balaban J connectivity index is 1.83. The number of aryl methyl sites for hydroxylation is 1. The molecule has 1 aromatic carbocycles. The third-order valence-corrected chi connectivity index (χ3v) is 6.63. The first-order valence-electron chi connectivity index (χ1n) is 10.2. The second-order valence-electron chi connectivity index (χ2n) is 7.74. The lowest BCUT2D eigenvalue weighted by molar-refractivity contribution is -0.136. The van der Waals surface area contributed by atoms with E-state index in [0.29, 0.717) is 34.7 Å². The van der Waals surface area contributed by atoms with Gasteiger partial charge in [-0.2, -0.15) is 5.26 Å². The molecule has 1 saturated heterocycles. The molecule has 31 heavy (non-hydrogen) atoms. The predicted molar refractivity (Wildman–Crippen MR) is 120 cm³/mol. The highest BCUT2D eigenvalue weighted by Gasteiger charge is 2.24. The SMILES string of the molecule is N#Cc1ccccc1Cn1c(N2CCC[C@@H](N)C2)nc2cc(CCC(=O)O)sc2c1=O. The van der Waals surface area contributed by atoms with Crippen molar-refractivity contribution in [3.63, 3.8) is 0 Å². The van der Waals surface area contributed by atoms with Crippen LogP contribution in [0.1, 0.15) is 35.3 Å². The number of thiophene rings is 1. The topological polar surface area (TPSA) is 125 Å². The summed E-state index contributed by atoms with van der Waals surface area (Å²) in [5.74, 6) is -0.332. The van der Waals surface area contributed by atoms with Gasteiger partial charge in [0.1, 0.15) is 4.70 Å². The van der Waals surface area contributed by atoms with Crippen LogP contribution in [0.3, 0.4) is 0 Å². The average molecular weight is 438 g/mol. The van der Waals surface area contributed by atoms with E-state index < -0.39 is 5.97 Å². The quantitative estimate of drug-likeness (QED) is 0.606. The number of piperidine rings is 1. The number of fused-ring (bicyclic) bond motifs is 1. The maximum Gasteiger partial charge on any atom is 0.303 e. The third-order valence-electron chi connectivity index (χ3n) is 5.46. The molecule has 9 heteroatoms. The summed E-state index contributed by atoms with van der Waals surface area (Å²) in [6.07, 6.45) is 2.21. The van der Waals surface area contributed by atoms with E-state index >= 15 is 0 Å². The number of carbonyl (C=O) groups is 1. The van der Waals surface area contributed by atoms with Gasteiger partial charge in [0.15, 0.2) is 0 Å². The van der Waals surface area contributed by atoms with E-state index in [4.69, 9.17) is 15.8 Å². The highest BCUT2D eigenvalue weighted by atomic mass is 32.1. The van der Waals surface area contributed by atoms with Gasteiger partial charge in [-0.3, -0.25) is 14.2 Å². The monoisotopic (exact) mass is 437 g/mol. The molecule has 1 aliphatic rings. The molecule has 0 bridgehead atoms. The van der Waals surface area contributed by atoms with Crippen molar-refractivity contribution in [1.82, 2.24) is 9.55 Å². The minimum atomic E-state index is -0.876. The molecule has 8 nitrogen and oxygen atoms in total. The summed E-state index contributed by atoms with van der Waals surface area (Å²) in [5.41, 5.74) is 7.84. The summed E-state index contributed by atoms with van der Waals surface area (Å²) in [7, 11) is 0. The Labute approximate surface area is 183 Å². The van der Waals surface area contributed by atoms with Gasteiger partial charge in [0.2, 0.25) is 5.95 Å². The number of nitriles is 1. The number of anilines is 1. The number of rotatable bonds is 6. The fourth-order valence-corrected chi connectivity index (χ4v) is 4.96. The van der Waals surface area contributed by atoms with Gasteiger partial charge in [0.25, 0.3) is 5.56 Å². The zero-order valence-corrected chi connectivity index (χ0v) is 17.8. The number of benzene rings is 1. The Morgan fingerprint density at radius 2 is 2.19 bits per heavy atom. The molecule has 0 spiro atoms. The number of nitrogens with two attached hydrogens (primary N) is 1. The van der Waals surface area contributed by atoms with Crippen molar-refractivity contribution in [2.24, 2.45) is 5.73 Å². The molecule has 0 aliphatic carbocycles. The number of aliphatic carboxylic acids is 1. The molecule has 0 radical (unpaired) electrons. The largest absolute Gasteiger partial charge is 0.481 e. The van der Waals surface area contributed by atoms with Crippen LogP contribution in [0, 0.1) is 11.3 Å². The molecule has 1 aliphatic heterocycles. The second kappa shape index (κ2) is 8.88. The van der Waals surface area contributed by atoms with E-state index in [1.807, 2.05) is 23.1 Å². The second-order valence-corrected chi connectivity index (χ2v) is 8.88. The van der Waals surface area contributed by atoms with Gasteiger partial charge < -0.3 is 15.7 Å². The van der Waals surface area contributed by atoms with E-state index in [2.05, 4.69) is 6.07 Å². The number of aromatic nitrogens is 2. The minimum absolute atomic E-state index is 0.00436. The van der Waals surface area contributed by atoms with E-state index in [1.165, 1.54) is 11.3 Å². The summed E-state index contributed by atoms with van der Waals surface area (Å²) < 4.78 is 2.12. The third kappa shape index (κ3) is 4.45. The van der Waals surface area contributed by atoms with E-state index in [-0.39, 0.29) is 24.6 Å². The standard InChI is InChI=1S/C22H23N5O3S/c23-11-14-4-1-2-5-15(14)12-27-21(30)20-18(10-17(31-20)7-8-19(28)29)25-22(27)26-9-3-6-16(24)13-26/h1-2,4-5,10,16H,3,6-9,12-13,24H2,(H,28,29)/t16-/m1/s1. The summed E-state index contributed by atoms with van der Waals surface area (Å²) >= 11 is 1.29. The first kappa shape index (κ1) is 21.0. The Bertz CT molecular complexity index is 1230. The normalized spacial score (nSPS) is 16.4. The lowest BCUT2D eigenvalue weighted by atomic mass is 10.1. The maximum atomic E-state index is 13.5. The summed E-state index contributed by atoms with van der Waals surface area (Å²) in [4.78, 5) is 32.1. The molecular formula is C22H23N5O3S. The Kier molecular flexibility index (Phi) is 6.02. The lowest BCUT2D eigenvalue weighted by Gasteiger charge is -2.33. The number of carboxylic acids is 1. The molecule has 2 aromatic heterocycles. The van der Waals surface area contributed by atoms with Crippen LogP contribution in [0.4, 0.5) is 5.95 Å². The van der Waals surface area contributed by atoms with Crippen molar-refractivity contribution >= 4 is 33.5 Å². The zero-order valence-electron chi connectivity index (χ0n) is 17.0. The van der Waals surface area contributed by atoms with Crippen LogP contribution in [0.15, 0.2) is 35.1 Å². The van der Waals surface area contributed by atoms with Crippen LogP contribution in [0.2, 0.25) is 0 Å². The van der Waals surface area contributed by atoms with Crippen LogP contribution in [0.5, 0.6) is 0 Å². The van der Waals surface area contributed by atoms with Gasteiger partial charge in [0.05, 0.1) is 30.1 Å². The fourth-order valence-electron chi connectivity index (χ4n) is 3.92. The average Bonchev–Trinajstić information content (AvgIpc) is 3.18. The molecule has 0 saturated carbocycles. The molecule has 0 unspecified atom stereocenters. The van der Waals surface area contributed by atoms with Crippen LogP contribution >= 0.6 is 11.3 Å². The highest BCUT2D eigenvalue weighted by Crippen LogP contribution is 2.27. The summed E-state index contributed by atoms with van der Waals surface area (Å²) in [6, 6.07) is 11.2. The van der Waals surface area contributed by atoms with Crippen molar-refractivity contribution < 1.29 is 9.90 Å². The summed E-state index contributed by atoms with van der Waals surface area (Å²) in [6.45, 7) is 1.59. The maximum absolute atomic E-state index is 13.5. The molecule has 3 N–H and O–H groups in total. The van der Waals surface area contributed by atoms with Gasteiger partial charge in [-0.05, 0) is 37.0 Å². The number of hydrogen-bond acceptors (Lipinski definition) is 7.